The number of nitrogens with two attached hydrogens (primary N) is 1. The van der Waals surface area contributed by atoms with Crippen molar-refractivity contribution in [2.75, 3.05) is 0 Å². The Morgan fingerprint density at radius 1 is 1.04 bits per heavy atom. The third-order valence-electron chi connectivity index (χ3n) is 4.11. The van der Waals surface area contributed by atoms with Crippen molar-refractivity contribution in [2.24, 2.45) is 12.8 Å². The van der Waals surface area contributed by atoms with Crippen LogP contribution in [0.1, 0.15) is 5.56 Å². The quantitative estimate of drug-likeness (QED) is 0.615. The van der Waals surface area contributed by atoms with E-state index in [1.807, 2.05) is 24.1 Å². The molecular formula is C19H19ClN4. The number of nitrogens with zero attached hydrogens (tertiary/aromatic N) is 3. The molecule has 24 heavy (non-hydrogen) atoms. The average Bonchev–Trinajstić information content (AvgIpc) is 3.18. The van der Waals surface area contributed by atoms with Crippen molar-refractivity contribution in [3.8, 4) is 17.1 Å². The van der Waals surface area contributed by atoms with Gasteiger partial charge in [0, 0.05) is 30.9 Å². The van der Waals surface area contributed by atoms with Crippen LogP contribution in [-0.2, 0) is 13.6 Å². The van der Waals surface area contributed by atoms with E-state index in [4.69, 9.17) is 5.73 Å². The van der Waals surface area contributed by atoms with Crippen LogP contribution in [0.25, 0.3) is 28.0 Å². The Labute approximate surface area is 147 Å². The summed E-state index contributed by atoms with van der Waals surface area (Å²) >= 11 is 0. The smallest absolute Gasteiger partial charge is 0.105 e. The third-order valence-corrected chi connectivity index (χ3v) is 4.11. The van der Waals surface area contributed by atoms with Gasteiger partial charge in [-0.2, -0.15) is 0 Å². The molecule has 2 N–H and O–H groups in total. The van der Waals surface area contributed by atoms with Crippen molar-refractivity contribution in [3.63, 3.8) is 0 Å². The molecule has 0 unspecified atom stereocenters. The van der Waals surface area contributed by atoms with Crippen LogP contribution < -0.4 is 5.73 Å². The van der Waals surface area contributed by atoms with Gasteiger partial charge in [0.1, 0.15) is 5.69 Å². The number of fused-ring (bicyclic) bond motifs is 1. The molecule has 0 spiro atoms. The number of aromatic nitrogens is 3. The first-order valence-electron chi connectivity index (χ1n) is 7.64. The normalized spacial score (nSPS) is 10.8. The lowest BCUT2D eigenvalue weighted by atomic mass is 10.2. The number of halogens is 1. The van der Waals surface area contributed by atoms with Crippen molar-refractivity contribution >= 4 is 23.3 Å². The second-order valence-corrected chi connectivity index (χ2v) is 5.72. The number of para-hydroxylation sites is 1. The molecule has 4 rings (SSSR count). The predicted molar refractivity (Wildman–Crippen MR) is 101 cm³/mol. The highest BCUT2D eigenvalue weighted by Crippen LogP contribution is 2.30. The highest BCUT2D eigenvalue weighted by atomic mass is 35.5. The first-order chi connectivity index (χ1) is 11.3. The Kier molecular flexibility index (Phi) is 4.42. The summed E-state index contributed by atoms with van der Waals surface area (Å²) in [5.74, 6) is 0. The van der Waals surface area contributed by atoms with E-state index in [0.717, 1.165) is 22.6 Å². The number of hydrogen-bond acceptors (Lipinski definition) is 2. The van der Waals surface area contributed by atoms with E-state index >= 15 is 0 Å². The van der Waals surface area contributed by atoms with Gasteiger partial charge in [-0.1, -0.05) is 30.3 Å². The maximum atomic E-state index is 5.71. The first kappa shape index (κ1) is 16.3. The van der Waals surface area contributed by atoms with Crippen LogP contribution >= 0.6 is 12.4 Å². The second-order valence-electron chi connectivity index (χ2n) is 5.72. The molecule has 0 saturated carbocycles. The van der Waals surface area contributed by atoms with E-state index < -0.39 is 0 Å². The average molecular weight is 339 g/mol. The maximum absolute atomic E-state index is 5.71. The summed E-state index contributed by atoms with van der Waals surface area (Å²) in [5.41, 5.74) is 11.2. The van der Waals surface area contributed by atoms with Crippen LogP contribution in [0.4, 0.5) is 0 Å². The van der Waals surface area contributed by atoms with Crippen molar-refractivity contribution in [3.05, 3.63) is 72.7 Å². The van der Waals surface area contributed by atoms with Gasteiger partial charge in [-0.25, -0.2) is 4.98 Å². The van der Waals surface area contributed by atoms with Crippen LogP contribution in [-0.4, -0.2) is 14.1 Å². The van der Waals surface area contributed by atoms with Crippen molar-refractivity contribution in [1.82, 2.24) is 14.1 Å². The number of hydrogen-bond donors (Lipinski definition) is 1. The molecule has 0 aliphatic heterocycles. The fourth-order valence-corrected chi connectivity index (χ4v) is 2.95. The summed E-state index contributed by atoms with van der Waals surface area (Å²) in [6, 6.07) is 19.0. The largest absolute Gasteiger partial charge is 0.340 e. The van der Waals surface area contributed by atoms with Gasteiger partial charge in [0.2, 0.25) is 0 Å². The van der Waals surface area contributed by atoms with Crippen molar-refractivity contribution in [1.29, 1.82) is 0 Å². The van der Waals surface area contributed by atoms with E-state index in [-0.39, 0.29) is 12.4 Å². The molecule has 0 radical (unpaired) electrons. The van der Waals surface area contributed by atoms with Gasteiger partial charge in [0.05, 0.1) is 17.5 Å². The maximum Gasteiger partial charge on any atom is 0.105 e. The molecule has 0 amide bonds. The van der Waals surface area contributed by atoms with E-state index in [1.54, 1.807) is 0 Å². The fraction of sp³-hybridized carbons (Fsp3) is 0.105. The minimum absolute atomic E-state index is 0. The molecule has 122 valence electrons. The number of aryl methyl sites for hydroxylation is 1. The molecule has 0 aliphatic carbocycles. The van der Waals surface area contributed by atoms with Gasteiger partial charge in [-0.05, 0) is 29.8 Å². The van der Waals surface area contributed by atoms with Gasteiger partial charge in [-0.3, -0.25) is 0 Å². The SMILES string of the molecule is Cl.Cn1cnc(-c2cc3ccccc3n2-c2ccc(CN)cc2)c1. The van der Waals surface area contributed by atoms with E-state index in [2.05, 4.69) is 64.1 Å². The molecule has 4 nitrogen and oxygen atoms in total. The second kappa shape index (κ2) is 6.51. The molecule has 0 fully saturated rings. The highest BCUT2D eigenvalue weighted by Gasteiger charge is 2.13. The molecular weight excluding hydrogens is 320 g/mol. The standard InChI is InChI=1S/C19H18N4.ClH/c1-22-12-17(21-13-22)19-10-15-4-2-3-5-18(15)23(19)16-8-6-14(11-20)7-9-16;/h2-10,12-13H,11,20H2,1H3;1H. The van der Waals surface area contributed by atoms with Gasteiger partial charge in [0.25, 0.3) is 0 Å². The molecule has 2 aromatic heterocycles. The third kappa shape index (κ3) is 2.70. The van der Waals surface area contributed by atoms with Crippen molar-refractivity contribution in [2.45, 2.75) is 6.54 Å². The monoisotopic (exact) mass is 338 g/mol. The van der Waals surface area contributed by atoms with Crippen LogP contribution in [0.15, 0.2) is 67.1 Å². The first-order valence-corrected chi connectivity index (χ1v) is 7.64. The van der Waals surface area contributed by atoms with Gasteiger partial charge in [0.15, 0.2) is 0 Å². The van der Waals surface area contributed by atoms with Gasteiger partial charge in [-0.15, -0.1) is 12.4 Å². The van der Waals surface area contributed by atoms with Crippen LogP contribution in [0.5, 0.6) is 0 Å². The molecule has 0 atom stereocenters. The summed E-state index contributed by atoms with van der Waals surface area (Å²) in [4.78, 5) is 4.52. The summed E-state index contributed by atoms with van der Waals surface area (Å²) < 4.78 is 4.22. The molecule has 2 aromatic carbocycles. The van der Waals surface area contributed by atoms with E-state index in [9.17, 15) is 0 Å². The van der Waals surface area contributed by atoms with Gasteiger partial charge >= 0.3 is 0 Å². The summed E-state index contributed by atoms with van der Waals surface area (Å²) in [7, 11) is 1.99. The number of benzene rings is 2. The fourth-order valence-electron chi connectivity index (χ4n) is 2.95. The zero-order valence-corrected chi connectivity index (χ0v) is 14.2. The Balaban J connectivity index is 0.00000169. The van der Waals surface area contributed by atoms with E-state index in [0.29, 0.717) is 6.54 Å². The molecule has 5 heteroatoms. The zero-order valence-electron chi connectivity index (χ0n) is 13.4. The van der Waals surface area contributed by atoms with Crippen molar-refractivity contribution < 1.29 is 0 Å². The zero-order chi connectivity index (χ0) is 15.8. The Bertz CT molecular complexity index is 967. The molecule has 0 aliphatic rings. The van der Waals surface area contributed by atoms with Crippen LogP contribution in [0, 0.1) is 0 Å². The van der Waals surface area contributed by atoms with Crippen LogP contribution in [0.2, 0.25) is 0 Å². The Hall–Kier alpha value is -2.56. The lowest BCUT2D eigenvalue weighted by Gasteiger charge is -2.10. The minimum atomic E-state index is 0. The van der Waals surface area contributed by atoms with Gasteiger partial charge < -0.3 is 14.9 Å². The lowest BCUT2D eigenvalue weighted by molar-refractivity contribution is 0.913. The molecule has 4 aromatic rings. The number of rotatable bonds is 3. The topological polar surface area (TPSA) is 48.8 Å². The molecule has 2 heterocycles. The Morgan fingerprint density at radius 3 is 2.46 bits per heavy atom. The lowest BCUT2D eigenvalue weighted by Crippen LogP contribution is -1.99. The summed E-state index contributed by atoms with van der Waals surface area (Å²) in [6.45, 7) is 0.555. The predicted octanol–water partition coefficient (Wildman–Crippen LogP) is 3.91. The summed E-state index contributed by atoms with van der Waals surface area (Å²) in [6.07, 6.45) is 3.87. The Morgan fingerprint density at radius 2 is 1.79 bits per heavy atom. The highest BCUT2D eigenvalue weighted by molar-refractivity contribution is 5.88. The van der Waals surface area contributed by atoms with E-state index in [1.165, 1.54) is 10.9 Å². The molecule has 0 saturated heterocycles. The number of imidazole rings is 1. The minimum Gasteiger partial charge on any atom is -0.340 e. The molecule has 0 bridgehead atoms. The van der Waals surface area contributed by atoms with Crippen LogP contribution in [0.3, 0.4) is 0 Å². The summed E-state index contributed by atoms with van der Waals surface area (Å²) in [5, 5.41) is 1.20.